The number of hydrogen-bond donors (Lipinski definition) is 0. The highest BCUT2D eigenvalue weighted by atomic mass is 35.5. The van der Waals surface area contributed by atoms with E-state index in [4.69, 9.17) is 30.3 Å². The Morgan fingerprint density at radius 2 is 1.71 bits per heavy atom. The van der Waals surface area contributed by atoms with Crippen molar-refractivity contribution >= 4 is 11.6 Å². The Hall–Kier alpha value is -3.51. The van der Waals surface area contributed by atoms with Crippen molar-refractivity contribution in [1.82, 2.24) is 10.1 Å². The second-order valence-electron chi connectivity index (χ2n) is 6.66. The summed E-state index contributed by atoms with van der Waals surface area (Å²) in [7, 11) is 1.58. The van der Waals surface area contributed by atoms with E-state index >= 15 is 0 Å². The molecule has 0 saturated heterocycles. The van der Waals surface area contributed by atoms with Crippen molar-refractivity contribution in [3.05, 3.63) is 77.3 Å². The fourth-order valence-corrected chi connectivity index (χ4v) is 3.24. The van der Waals surface area contributed by atoms with Gasteiger partial charge in [-0.05, 0) is 67.1 Å². The highest BCUT2D eigenvalue weighted by Crippen LogP contribution is 2.32. The Morgan fingerprint density at radius 1 is 0.935 bits per heavy atom. The molecule has 0 aliphatic rings. The SMILES string of the molecule is CCOc1ccc(OCc2cccc(-c3nc(-c4cc(Cl)ccc4OC)no3)c2)cc1. The van der Waals surface area contributed by atoms with Crippen molar-refractivity contribution < 1.29 is 18.7 Å². The third-order valence-corrected chi connectivity index (χ3v) is 4.78. The molecule has 0 atom stereocenters. The second kappa shape index (κ2) is 9.53. The maximum atomic E-state index is 6.12. The molecule has 0 saturated carbocycles. The molecule has 0 aliphatic heterocycles. The van der Waals surface area contributed by atoms with E-state index in [-0.39, 0.29) is 0 Å². The Balaban J connectivity index is 1.49. The van der Waals surface area contributed by atoms with Gasteiger partial charge in [-0.2, -0.15) is 4.98 Å². The van der Waals surface area contributed by atoms with Crippen LogP contribution in [-0.4, -0.2) is 23.9 Å². The first-order valence-corrected chi connectivity index (χ1v) is 10.2. The Bertz CT molecular complexity index is 1160. The van der Waals surface area contributed by atoms with E-state index in [0.717, 1.165) is 22.6 Å². The summed E-state index contributed by atoms with van der Waals surface area (Å²) in [6.45, 7) is 2.99. The van der Waals surface area contributed by atoms with E-state index in [1.165, 1.54) is 0 Å². The molecule has 0 unspecified atom stereocenters. The van der Waals surface area contributed by atoms with E-state index in [9.17, 15) is 0 Å². The summed E-state index contributed by atoms with van der Waals surface area (Å²) in [5, 5.41) is 4.66. The number of rotatable bonds is 8. The minimum Gasteiger partial charge on any atom is -0.496 e. The van der Waals surface area contributed by atoms with Crippen LogP contribution in [0, 0.1) is 0 Å². The summed E-state index contributed by atoms with van der Waals surface area (Å²) >= 11 is 6.12. The van der Waals surface area contributed by atoms with Gasteiger partial charge in [0, 0.05) is 10.6 Å². The molecule has 0 bridgehead atoms. The topological polar surface area (TPSA) is 66.6 Å². The highest BCUT2D eigenvalue weighted by Gasteiger charge is 2.15. The first-order valence-electron chi connectivity index (χ1n) is 9.79. The number of halogens is 1. The molecule has 158 valence electrons. The van der Waals surface area contributed by atoms with Crippen LogP contribution < -0.4 is 14.2 Å². The van der Waals surface area contributed by atoms with Crippen molar-refractivity contribution in [1.29, 1.82) is 0 Å². The van der Waals surface area contributed by atoms with Crippen LogP contribution in [0.5, 0.6) is 17.2 Å². The lowest BCUT2D eigenvalue weighted by Gasteiger charge is -2.08. The number of nitrogens with zero attached hydrogens (tertiary/aromatic N) is 2. The lowest BCUT2D eigenvalue weighted by molar-refractivity contribution is 0.304. The van der Waals surface area contributed by atoms with E-state index in [2.05, 4.69) is 10.1 Å². The predicted molar refractivity (Wildman–Crippen MR) is 119 cm³/mol. The summed E-state index contributed by atoms with van der Waals surface area (Å²) < 4.78 is 22.2. The number of benzene rings is 3. The maximum absolute atomic E-state index is 6.12. The van der Waals surface area contributed by atoms with Crippen LogP contribution >= 0.6 is 11.6 Å². The molecule has 3 aromatic carbocycles. The van der Waals surface area contributed by atoms with Crippen molar-refractivity contribution in [2.45, 2.75) is 13.5 Å². The number of hydrogen-bond acceptors (Lipinski definition) is 6. The minimum atomic E-state index is 0.403. The zero-order valence-electron chi connectivity index (χ0n) is 17.2. The normalized spacial score (nSPS) is 10.7. The van der Waals surface area contributed by atoms with E-state index in [1.807, 2.05) is 55.5 Å². The van der Waals surface area contributed by atoms with Crippen molar-refractivity contribution in [3.63, 3.8) is 0 Å². The van der Waals surface area contributed by atoms with Crippen molar-refractivity contribution in [3.8, 4) is 40.1 Å². The van der Waals surface area contributed by atoms with Gasteiger partial charge in [0.05, 0.1) is 19.3 Å². The Morgan fingerprint density at radius 3 is 2.45 bits per heavy atom. The van der Waals surface area contributed by atoms with Crippen LogP contribution in [0.15, 0.2) is 71.3 Å². The lowest BCUT2D eigenvalue weighted by Crippen LogP contribution is -1.96. The monoisotopic (exact) mass is 436 g/mol. The Kier molecular flexibility index (Phi) is 6.38. The summed E-state index contributed by atoms with van der Waals surface area (Å²) in [6, 6.07) is 20.6. The molecule has 6 nitrogen and oxygen atoms in total. The van der Waals surface area contributed by atoms with Gasteiger partial charge in [-0.1, -0.05) is 28.9 Å². The summed E-state index contributed by atoms with van der Waals surface area (Å²) in [5.41, 5.74) is 2.44. The van der Waals surface area contributed by atoms with E-state index in [1.54, 1.807) is 25.3 Å². The van der Waals surface area contributed by atoms with Crippen LogP contribution in [0.4, 0.5) is 0 Å². The molecule has 0 N–H and O–H groups in total. The minimum absolute atomic E-state index is 0.403. The smallest absolute Gasteiger partial charge is 0.258 e. The second-order valence-corrected chi connectivity index (χ2v) is 7.10. The molecule has 0 aliphatic carbocycles. The third-order valence-electron chi connectivity index (χ3n) is 4.54. The fourth-order valence-electron chi connectivity index (χ4n) is 3.06. The van der Waals surface area contributed by atoms with Gasteiger partial charge >= 0.3 is 0 Å². The molecule has 4 aromatic rings. The van der Waals surface area contributed by atoms with Gasteiger partial charge in [-0.15, -0.1) is 0 Å². The predicted octanol–water partition coefficient (Wildman–Crippen LogP) is 6.04. The van der Waals surface area contributed by atoms with Crippen LogP contribution in [0.2, 0.25) is 5.02 Å². The molecular formula is C24H21ClN2O4. The molecule has 0 spiro atoms. The molecule has 0 amide bonds. The number of ether oxygens (including phenoxy) is 3. The standard InChI is InChI=1S/C24H21ClN2O4/c1-3-29-19-8-10-20(11-9-19)30-15-16-5-4-6-17(13-16)24-26-23(27-31-24)21-14-18(25)7-12-22(21)28-2/h4-14H,3,15H2,1-2H3. The summed E-state index contributed by atoms with van der Waals surface area (Å²) in [6.07, 6.45) is 0. The number of aromatic nitrogens is 2. The average molecular weight is 437 g/mol. The molecule has 1 aromatic heterocycles. The van der Waals surface area contributed by atoms with Crippen LogP contribution in [0.25, 0.3) is 22.8 Å². The molecule has 0 fully saturated rings. The van der Waals surface area contributed by atoms with E-state index < -0.39 is 0 Å². The molecule has 4 rings (SSSR count). The molecule has 1 heterocycles. The lowest BCUT2D eigenvalue weighted by atomic mass is 10.1. The first-order chi connectivity index (χ1) is 15.2. The first kappa shape index (κ1) is 20.8. The number of methoxy groups -OCH3 is 1. The zero-order chi connectivity index (χ0) is 21.6. The summed E-state index contributed by atoms with van der Waals surface area (Å²) in [5.74, 6) is 3.02. The van der Waals surface area contributed by atoms with E-state index in [0.29, 0.717) is 41.3 Å². The largest absolute Gasteiger partial charge is 0.496 e. The quantitative estimate of drug-likeness (QED) is 0.335. The molecular weight excluding hydrogens is 416 g/mol. The van der Waals surface area contributed by atoms with Crippen molar-refractivity contribution in [2.24, 2.45) is 0 Å². The summed E-state index contributed by atoms with van der Waals surface area (Å²) in [4.78, 5) is 4.52. The van der Waals surface area contributed by atoms with Crippen LogP contribution in [-0.2, 0) is 6.61 Å². The molecule has 31 heavy (non-hydrogen) atoms. The molecule has 0 radical (unpaired) electrons. The van der Waals surface area contributed by atoms with Gasteiger partial charge in [0.15, 0.2) is 0 Å². The fraction of sp³-hybridized carbons (Fsp3) is 0.167. The van der Waals surface area contributed by atoms with Gasteiger partial charge in [0.2, 0.25) is 5.82 Å². The van der Waals surface area contributed by atoms with Gasteiger partial charge in [-0.25, -0.2) is 0 Å². The van der Waals surface area contributed by atoms with Gasteiger partial charge in [0.25, 0.3) is 5.89 Å². The van der Waals surface area contributed by atoms with Gasteiger partial charge < -0.3 is 18.7 Å². The zero-order valence-corrected chi connectivity index (χ0v) is 17.9. The highest BCUT2D eigenvalue weighted by molar-refractivity contribution is 6.30. The van der Waals surface area contributed by atoms with Crippen molar-refractivity contribution in [2.75, 3.05) is 13.7 Å². The third kappa shape index (κ3) is 4.98. The molecule has 7 heteroatoms. The van der Waals surface area contributed by atoms with Crippen LogP contribution in [0.1, 0.15) is 12.5 Å². The average Bonchev–Trinajstić information content (AvgIpc) is 3.29. The Labute approximate surface area is 185 Å². The maximum Gasteiger partial charge on any atom is 0.258 e. The van der Waals surface area contributed by atoms with Crippen LogP contribution in [0.3, 0.4) is 0 Å². The van der Waals surface area contributed by atoms with Gasteiger partial charge in [-0.3, -0.25) is 0 Å². The van der Waals surface area contributed by atoms with Gasteiger partial charge in [0.1, 0.15) is 23.9 Å².